The molecule has 294 valence electrons. The highest BCUT2D eigenvalue weighted by Gasteiger charge is 2.33. The van der Waals surface area contributed by atoms with Gasteiger partial charge in [0.1, 0.15) is 24.4 Å². The number of benzene rings is 2. The lowest BCUT2D eigenvalue weighted by Crippen LogP contribution is -2.39. The zero-order chi connectivity index (χ0) is 39.9. The molecule has 0 aliphatic carbocycles. The number of hydrogen-bond acceptors (Lipinski definition) is 12. The summed E-state index contributed by atoms with van der Waals surface area (Å²) < 4.78 is 42.7. The highest BCUT2D eigenvalue weighted by Crippen LogP contribution is 2.21. The van der Waals surface area contributed by atoms with Crippen molar-refractivity contribution in [3.63, 3.8) is 0 Å². The molecule has 2 aromatic rings. The lowest BCUT2D eigenvalue weighted by Gasteiger charge is -2.28. The number of Topliss-reactive ketones (excluding diaryl/α,β-unsaturated/α-hetero) is 2. The first kappa shape index (κ1) is 47.0. The largest absolute Gasteiger partial charge is 0.460 e. The molecule has 53 heavy (non-hydrogen) atoms. The Morgan fingerprint density at radius 3 is 1.32 bits per heavy atom. The summed E-state index contributed by atoms with van der Waals surface area (Å²) in [6.07, 6.45) is 1.99. The highest BCUT2D eigenvalue weighted by molar-refractivity contribution is 6.02. The van der Waals surface area contributed by atoms with Gasteiger partial charge in [0.05, 0.1) is 39.6 Å². The summed E-state index contributed by atoms with van der Waals surface area (Å²) in [5.74, 6) is -1.16. The predicted molar refractivity (Wildman–Crippen MR) is 201 cm³/mol. The molecule has 0 aliphatic rings. The van der Waals surface area contributed by atoms with E-state index in [1.165, 1.54) is 5.56 Å². The van der Waals surface area contributed by atoms with E-state index >= 15 is 0 Å². The molecule has 0 N–H and O–H groups in total. The van der Waals surface area contributed by atoms with Gasteiger partial charge < -0.3 is 37.9 Å². The van der Waals surface area contributed by atoms with Gasteiger partial charge in [-0.15, -0.1) is 0 Å². The van der Waals surface area contributed by atoms with Crippen molar-refractivity contribution in [3.8, 4) is 0 Å². The maximum absolute atomic E-state index is 12.7. The molecule has 2 rings (SSSR count). The summed E-state index contributed by atoms with van der Waals surface area (Å²) in [6, 6.07) is 14.9. The SMILES string of the molecule is C=CC(=O)OCCOCCOC(C)OC(C)(C)C(=O)c1ccc(C)cc1.C=CC(=O)OCCOCCOC(C)OC(C)(C)C(=O)c1ccc(CC)cc1. The molecule has 0 saturated heterocycles. The number of ketones is 2. The van der Waals surface area contributed by atoms with Crippen LogP contribution < -0.4 is 0 Å². The third-order valence-electron chi connectivity index (χ3n) is 7.39. The standard InChI is InChI=1S/C21H30O6.C20H28O6/c1-6-17-8-10-18(11-9-17)20(23)21(4,5)27-16(3)25-14-12-24-13-15-26-19(22)7-2;1-6-18(21)25-14-12-23-11-13-24-16(3)26-20(4,5)19(22)17-9-7-15(2)8-10-17/h7-11,16H,2,6,12-15H2,1,3-5H3;6-10,16H,1,11-14H2,2-5H3. The van der Waals surface area contributed by atoms with Gasteiger partial charge in [-0.05, 0) is 60.5 Å². The second-order valence-corrected chi connectivity index (χ2v) is 12.7. The van der Waals surface area contributed by atoms with Crippen LogP contribution in [0.25, 0.3) is 0 Å². The van der Waals surface area contributed by atoms with Crippen LogP contribution in [-0.2, 0) is 53.9 Å². The molecule has 0 aromatic heterocycles. The Kier molecular flexibility index (Phi) is 22.2. The molecule has 12 heteroatoms. The van der Waals surface area contributed by atoms with Gasteiger partial charge in [0.25, 0.3) is 0 Å². The van der Waals surface area contributed by atoms with E-state index in [1.54, 1.807) is 53.7 Å². The molecular weight excluding hydrogens is 684 g/mol. The number of ether oxygens (including phenoxy) is 8. The molecule has 0 heterocycles. The summed E-state index contributed by atoms with van der Waals surface area (Å²) in [5, 5.41) is 0. The molecular formula is C41H58O12. The first-order valence-electron chi connectivity index (χ1n) is 17.6. The van der Waals surface area contributed by atoms with Crippen LogP contribution in [0.3, 0.4) is 0 Å². The van der Waals surface area contributed by atoms with Crippen molar-refractivity contribution < 1.29 is 57.1 Å². The van der Waals surface area contributed by atoms with Gasteiger partial charge in [0, 0.05) is 23.3 Å². The van der Waals surface area contributed by atoms with Crippen LogP contribution in [0.2, 0.25) is 0 Å². The van der Waals surface area contributed by atoms with E-state index in [0.717, 1.165) is 24.1 Å². The van der Waals surface area contributed by atoms with Crippen molar-refractivity contribution in [2.24, 2.45) is 0 Å². The summed E-state index contributed by atoms with van der Waals surface area (Å²) in [7, 11) is 0. The third kappa shape index (κ3) is 19.6. The molecule has 0 saturated carbocycles. The Bertz CT molecular complexity index is 1410. The smallest absolute Gasteiger partial charge is 0.330 e. The first-order chi connectivity index (χ1) is 25.1. The lowest BCUT2D eigenvalue weighted by atomic mass is 9.95. The molecule has 0 aliphatic heterocycles. The number of rotatable bonds is 25. The predicted octanol–water partition coefficient (Wildman–Crippen LogP) is 6.42. The number of hydrogen-bond donors (Lipinski definition) is 0. The zero-order valence-corrected chi connectivity index (χ0v) is 32.6. The molecule has 0 spiro atoms. The molecule has 2 aromatic carbocycles. The van der Waals surface area contributed by atoms with Crippen LogP contribution in [0, 0.1) is 6.92 Å². The van der Waals surface area contributed by atoms with Crippen molar-refractivity contribution in [3.05, 3.63) is 96.1 Å². The van der Waals surface area contributed by atoms with Crippen LogP contribution in [0.5, 0.6) is 0 Å². The molecule has 12 nitrogen and oxygen atoms in total. The van der Waals surface area contributed by atoms with E-state index in [2.05, 4.69) is 20.1 Å². The van der Waals surface area contributed by atoms with Crippen LogP contribution >= 0.6 is 0 Å². The van der Waals surface area contributed by atoms with E-state index in [9.17, 15) is 19.2 Å². The summed E-state index contributed by atoms with van der Waals surface area (Å²) >= 11 is 0. The van der Waals surface area contributed by atoms with Crippen LogP contribution in [0.1, 0.15) is 80.3 Å². The van der Waals surface area contributed by atoms with Gasteiger partial charge in [-0.1, -0.05) is 74.2 Å². The first-order valence-corrected chi connectivity index (χ1v) is 17.6. The monoisotopic (exact) mass is 742 g/mol. The van der Waals surface area contributed by atoms with Crippen LogP contribution in [0.15, 0.2) is 73.8 Å². The third-order valence-corrected chi connectivity index (χ3v) is 7.39. The number of carbonyl (C=O) groups is 4. The van der Waals surface area contributed by atoms with E-state index in [1.807, 2.05) is 43.3 Å². The molecule has 0 radical (unpaired) electrons. The average molecular weight is 743 g/mol. The number of aryl methyl sites for hydroxylation is 2. The molecule has 0 bridgehead atoms. The second kappa shape index (κ2) is 25.1. The normalized spacial score (nSPS) is 12.5. The fraction of sp³-hybridized carbons (Fsp3) is 0.512. The van der Waals surface area contributed by atoms with Crippen LogP contribution in [-0.4, -0.2) is 100 Å². The van der Waals surface area contributed by atoms with Gasteiger partial charge in [-0.2, -0.15) is 0 Å². The van der Waals surface area contributed by atoms with Crippen molar-refractivity contribution in [1.82, 2.24) is 0 Å². The lowest BCUT2D eigenvalue weighted by molar-refractivity contribution is -0.181. The fourth-order valence-corrected chi connectivity index (χ4v) is 4.57. The van der Waals surface area contributed by atoms with Gasteiger partial charge >= 0.3 is 11.9 Å². The second-order valence-electron chi connectivity index (χ2n) is 12.7. The quantitative estimate of drug-likeness (QED) is 0.0365. The Morgan fingerprint density at radius 2 is 0.962 bits per heavy atom. The van der Waals surface area contributed by atoms with Gasteiger partial charge in [0.15, 0.2) is 24.1 Å². The zero-order valence-electron chi connectivity index (χ0n) is 32.6. The summed E-state index contributed by atoms with van der Waals surface area (Å²) in [6.45, 7) is 23.1. The Morgan fingerprint density at radius 1 is 0.604 bits per heavy atom. The summed E-state index contributed by atoms with van der Waals surface area (Å²) in [5.41, 5.74) is 1.48. The Balaban J connectivity index is 0.000000530. The van der Waals surface area contributed by atoms with E-state index in [4.69, 9.17) is 37.9 Å². The maximum Gasteiger partial charge on any atom is 0.330 e. The Hall–Kier alpha value is -4.04. The number of carbonyl (C=O) groups excluding carboxylic acids is 4. The van der Waals surface area contributed by atoms with Crippen molar-refractivity contribution in [2.75, 3.05) is 52.9 Å². The number of esters is 2. The maximum atomic E-state index is 12.7. The minimum Gasteiger partial charge on any atom is -0.460 e. The minimum absolute atomic E-state index is 0.0964. The van der Waals surface area contributed by atoms with E-state index in [0.29, 0.717) is 37.6 Å². The molecule has 0 amide bonds. The van der Waals surface area contributed by atoms with Gasteiger partial charge in [-0.3, -0.25) is 9.59 Å². The van der Waals surface area contributed by atoms with Gasteiger partial charge in [0.2, 0.25) is 0 Å². The van der Waals surface area contributed by atoms with Crippen molar-refractivity contribution in [1.29, 1.82) is 0 Å². The van der Waals surface area contributed by atoms with E-state index < -0.39 is 35.7 Å². The molecule has 2 unspecified atom stereocenters. The van der Waals surface area contributed by atoms with Crippen molar-refractivity contribution in [2.45, 2.75) is 85.6 Å². The van der Waals surface area contributed by atoms with Crippen molar-refractivity contribution >= 4 is 23.5 Å². The minimum atomic E-state index is -1.01. The highest BCUT2D eigenvalue weighted by atomic mass is 16.7. The summed E-state index contributed by atoms with van der Waals surface area (Å²) in [4.78, 5) is 46.9. The molecule has 0 fully saturated rings. The van der Waals surface area contributed by atoms with E-state index in [-0.39, 0.29) is 38.0 Å². The fourth-order valence-electron chi connectivity index (χ4n) is 4.57. The Labute approximate surface area is 314 Å². The molecule has 2 atom stereocenters. The average Bonchev–Trinajstić information content (AvgIpc) is 3.13. The van der Waals surface area contributed by atoms with Crippen LogP contribution in [0.4, 0.5) is 0 Å². The topological polar surface area (TPSA) is 142 Å². The van der Waals surface area contributed by atoms with Gasteiger partial charge in [-0.25, -0.2) is 9.59 Å².